The highest BCUT2D eigenvalue weighted by Gasteiger charge is 2.14. The van der Waals surface area contributed by atoms with Crippen LogP contribution in [0.1, 0.15) is 23.2 Å². The number of hydrogen-bond donors (Lipinski definition) is 2. The Kier molecular flexibility index (Phi) is 6.67. The molecule has 1 aliphatic rings. The molecular weight excluding hydrogens is 264 g/mol. The number of carbonyl (C=O) groups is 1. The standard InChI is InChI=1S/C14H20N2O2.ClH/c1-18-13-4-2-12(3-5-13)14(17)16-9-7-11-6-8-15-10-11;/h2-5,11,15H,6-10H2,1H3,(H,16,17);1H. The van der Waals surface area contributed by atoms with E-state index >= 15 is 0 Å². The fraction of sp³-hybridized carbons (Fsp3) is 0.500. The van der Waals surface area contributed by atoms with Gasteiger partial charge in [-0.3, -0.25) is 4.79 Å². The molecule has 1 saturated heterocycles. The highest BCUT2D eigenvalue weighted by Crippen LogP contribution is 2.12. The SMILES string of the molecule is COc1ccc(C(=O)NCCC2CCNC2)cc1.Cl. The molecule has 106 valence electrons. The second-order valence-electron chi connectivity index (χ2n) is 4.63. The summed E-state index contributed by atoms with van der Waals surface area (Å²) in [5.74, 6) is 1.47. The Labute approximate surface area is 120 Å². The molecule has 5 heteroatoms. The molecule has 0 aliphatic carbocycles. The van der Waals surface area contributed by atoms with Crippen molar-refractivity contribution < 1.29 is 9.53 Å². The van der Waals surface area contributed by atoms with Gasteiger partial charge in [-0.15, -0.1) is 12.4 Å². The van der Waals surface area contributed by atoms with Crippen LogP contribution in [0.25, 0.3) is 0 Å². The second-order valence-corrected chi connectivity index (χ2v) is 4.63. The minimum Gasteiger partial charge on any atom is -0.497 e. The molecule has 0 aromatic heterocycles. The first kappa shape index (κ1) is 15.8. The van der Waals surface area contributed by atoms with E-state index in [0.717, 1.165) is 31.8 Å². The van der Waals surface area contributed by atoms with Gasteiger partial charge in [0.25, 0.3) is 5.91 Å². The summed E-state index contributed by atoms with van der Waals surface area (Å²) in [4.78, 5) is 11.9. The lowest BCUT2D eigenvalue weighted by molar-refractivity contribution is 0.0951. The van der Waals surface area contributed by atoms with Gasteiger partial charge < -0.3 is 15.4 Å². The monoisotopic (exact) mass is 284 g/mol. The molecule has 0 spiro atoms. The maximum absolute atomic E-state index is 11.9. The lowest BCUT2D eigenvalue weighted by Gasteiger charge is -2.09. The topological polar surface area (TPSA) is 50.4 Å². The van der Waals surface area contributed by atoms with Crippen molar-refractivity contribution in [3.63, 3.8) is 0 Å². The predicted octanol–water partition coefficient (Wildman–Crippen LogP) is 1.85. The molecule has 1 aromatic carbocycles. The average molecular weight is 285 g/mol. The van der Waals surface area contributed by atoms with Crippen LogP contribution in [-0.2, 0) is 0 Å². The Morgan fingerprint density at radius 1 is 1.42 bits per heavy atom. The van der Waals surface area contributed by atoms with Crippen molar-refractivity contribution in [2.45, 2.75) is 12.8 Å². The van der Waals surface area contributed by atoms with Gasteiger partial charge in [-0.2, -0.15) is 0 Å². The molecule has 2 rings (SSSR count). The summed E-state index contributed by atoms with van der Waals surface area (Å²) in [6.45, 7) is 2.94. The van der Waals surface area contributed by atoms with E-state index < -0.39 is 0 Å². The largest absolute Gasteiger partial charge is 0.497 e. The van der Waals surface area contributed by atoms with Gasteiger partial charge in [0.2, 0.25) is 0 Å². The third-order valence-electron chi connectivity index (χ3n) is 3.35. The summed E-state index contributed by atoms with van der Waals surface area (Å²) in [5, 5.41) is 6.28. The van der Waals surface area contributed by atoms with E-state index in [1.807, 2.05) is 0 Å². The maximum atomic E-state index is 11.9. The normalized spacial score (nSPS) is 17.6. The molecule has 0 bridgehead atoms. The van der Waals surface area contributed by atoms with Crippen molar-refractivity contribution in [2.24, 2.45) is 5.92 Å². The van der Waals surface area contributed by atoms with Crippen molar-refractivity contribution in [3.05, 3.63) is 29.8 Å². The Hall–Kier alpha value is -1.26. The lowest BCUT2D eigenvalue weighted by Crippen LogP contribution is -2.26. The molecule has 0 radical (unpaired) electrons. The summed E-state index contributed by atoms with van der Waals surface area (Å²) in [6.07, 6.45) is 2.27. The average Bonchev–Trinajstić information content (AvgIpc) is 2.92. The first-order chi connectivity index (χ1) is 8.79. The number of rotatable bonds is 5. The summed E-state index contributed by atoms with van der Waals surface area (Å²) in [5.41, 5.74) is 0.681. The Bertz CT molecular complexity index is 389. The zero-order chi connectivity index (χ0) is 12.8. The number of nitrogens with one attached hydrogen (secondary N) is 2. The second kappa shape index (κ2) is 8.02. The smallest absolute Gasteiger partial charge is 0.251 e. The van der Waals surface area contributed by atoms with E-state index in [0.29, 0.717) is 11.5 Å². The first-order valence-electron chi connectivity index (χ1n) is 6.42. The van der Waals surface area contributed by atoms with Crippen LogP contribution in [0.15, 0.2) is 24.3 Å². The number of methoxy groups -OCH3 is 1. The molecule has 1 aliphatic heterocycles. The van der Waals surface area contributed by atoms with Gasteiger partial charge >= 0.3 is 0 Å². The van der Waals surface area contributed by atoms with Crippen LogP contribution in [0.5, 0.6) is 5.75 Å². The van der Waals surface area contributed by atoms with E-state index in [4.69, 9.17) is 4.74 Å². The van der Waals surface area contributed by atoms with E-state index in [2.05, 4.69) is 10.6 Å². The number of benzene rings is 1. The molecule has 1 amide bonds. The summed E-state index contributed by atoms with van der Waals surface area (Å²) >= 11 is 0. The zero-order valence-electron chi connectivity index (χ0n) is 11.1. The highest BCUT2D eigenvalue weighted by atomic mass is 35.5. The fourth-order valence-corrected chi connectivity index (χ4v) is 2.20. The van der Waals surface area contributed by atoms with E-state index in [1.54, 1.807) is 31.4 Å². The zero-order valence-corrected chi connectivity index (χ0v) is 12.0. The Balaban J connectivity index is 0.00000180. The molecule has 1 aromatic rings. The molecule has 0 saturated carbocycles. The molecule has 1 fully saturated rings. The number of halogens is 1. The minimum absolute atomic E-state index is 0. The highest BCUT2D eigenvalue weighted by molar-refractivity contribution is 5.94. The van der Waals surface area contributed by atoms with E-state index in [1.165, 1.54) is 6.42 Å². The van der Waals surface area contributed by atoms with Crippen LogP contribution in [0.4, 0.5) is 0 Å². The summed E-state index contributed by atoms with van der Waals surface area (Å²) in [6, 6.07) is 7.17. The van der Waals surface area contributed by atoms with Crippen LogP contribution in [0, 0.1) is 5.92 Å². The molecule has 4 nitrogen and oxygen atoms in total. The summed E-state index contributed by atoms with van der Waals surface area (Å²) < 4.78 is 5.06. The molecule has 19 heavy (non-hydrogen) atoms. The number of ether oxygens (including phenoxy) is 1. The first-order valence-corrected chi connectivity index (χ1v) is 6.42. The van der Waals surface area contributed by atoms with Gasteiger partial charge in [-0.05, 0) is 56.1 Å². The number of carbonyl (C=O) groups excluding carboxylic acids is 1. The molecule has 1 atom stereocenters. The third-order valence-corrected chi connectivity index (χ3v) is 3.35. The van der Waals surface area contributed by atoms with Gasteiger partial charge in [0.05, 0.1) is 7.11 Å². The fourth-order valence-electron chi connectivity index (χ4n) is 2.20. The Morgan fingerprint density at radius 3 is 2.74 bits per heavy atom. The van der Waals surface area contributed by atoms with Crippen LogP contribution in [0.3, 0.4) is 0 Å². The van der Waals surface area contributed by atoms with Crippen molar-refractivity contribution >= 4 is 18.3 Å². The van der Waals surface area contributed by atoms with Crippen LogP contribution in [-0.4, -0.2) is 32.7 Å². The van der Waals surface area contributed by atoms with Crippen LogP contribution >= 0.6 is 12.4 Å². The maximum Gasteiger partial charge on any atom is 0.251 e. The van der Waals surface area contributed by atoms with E-state index in [-0.39, 0.29) is 18.3 Å². The minimum atomic E-state index is -0.0105. The van der Waals surface area contributed by atoms with Crippen molar-refractivity contribution in [3.8, 4) is 5.75 Å². The van der Waals surface area contributed by atoms with Crippen LogP contribution in [0.2, 0.25) is 0 Å². The van der Waals surface area contributed by atoms with Gasteiger partial charge in [-0.25, -0.2) is 0 Å². The Morgan fingerprint density at radius 2 is 2.16 bits per heavy atom. The number of hydrogen-bond acceptors (Lipinski definition) is 3. The van der Waals surface area contributed by atoms with Crippen molar-refractivity contribution in [1.29, 1.82) is 0 Å². The molecule has 1 unspecified atom stereocenters. The molecule has 2 N–H and O–H groups in total. The van der Waals surface area contributed by atoms with Gasteiger partial charge in [0, 0.05) is 12.1 Å². The predicted molar refractivity (Wildman–Crippen MR) is 78.2 cm³/mol. The van der Waals surface area contributed by atoms with Gasteiger partial charge in [-0.1, -0.05) is 0 Å². The van der Waals surface area contributed by atoms with Gasteiger partial charge in [0.15, 0.2) is 0 Å². The third kappa shape index (κ3) is 4.73. The summed E-state index contributed by atoms with van der Waals surface area (Å²) in [7, 11) is 1.62. The lowest BCUT2D eigenvalue weighted by atomic mass is 10.1. The molecule has 1 heterocycles. The van der Waals surface area contributed by atoms with Crippen LogP contribution < -0.4 is 15.4 Å². The molecular formula is C14H21ClN2O2. The van der Waals surface area contributed by atoms with E-state index in [9.17, 15) is 4.79 Å². The van der Waals surface area contributed by atoms with Crippen molar-refractivity contribution in [2.75, 3.05) is 26.7 Å². The van der Waals surface area contributed by atoms with Gasteiger partial charge in [0.1, 0.15) is 5.75 Å². The number of amides is 1. The van der Waals surface area contributed by atoms with Crippen molar-refractivity contribution in [1.82, 2.24) is 10.6 Å². The quantitative estimate of drug-likeness (QED) is 0.868.